The lowest BCUT2D eigenvalue weighted by Gasteiger charge is -2.47. The Morgan fingerprint density at radius 1 is 1.28 bits per heavy atom. The van der Waals surface area contributed by atoms with Crippen LogP contribution < -0.4 is 0 Å². The van der Waals surface area contributed by atoms with Gasteiger partial charge in [-0.25, -0.2) is 0 Å². The number of piperidine rings is 2. The van der Waals surface area contributed by atoms with Crippen molar-refractivity contribution in [2.24, 2.45) is 5.41 Å². The molecule has 1 spiro atoms. The molecule has 158 valence electrons. The molecule has 3 fully saturated rings. The SMILES string of the molecule is O=C(COCC1CCCO1)N1CCC2(CCC(=O)N(Cc3ccccn3)C2)CC1. The summed E-state index contributed by atoms with van der Waals surface area (Å²) in [5.41, 5.74) is 1.05. The molecular weight excluding hydrogens is 370 g/mol. The highest BCUT2D eigenvalue weighted by atomic mass is 16.5. The van der Waals surface area contributed by atoms with Gasteiger partial charge in [0.05, 0.1) is 24.9 Å². The van der Waals surface area contributed by atoms with Crippen molar-refractivity contribution in [2.45, 2.75) is 51.2 Å². The number of aromatic nitrogens is 1. The van der Waals surface area contributed by atoms with Crippen molar-refractivity contribution in [2.75, 3.05) is 39.5 Å². The quantitative estimate of drug-likeness (QED) is 0.729. The van der Waals surface area contributed by atoms with Crippen LogP contribution in [-0.2, 0) is 25.6 Å². The topological polar surface area (TPSA) is 72.0 Å². The number of pyridine rings is 1. The number of likely N-dealkylation sites (tertiary alicyclic amines) is 2. The molecule has 0 aromatic carbocycles. The van der Waals surface area contributed by atoms with Crippen molar-refractivity contribution < 1.29 is 19.1 Å². The fourth-order valence-electron chi connectivity index (χ4n) is 4.72. The van der Waals surface area contributed by atoms with Gasteiger partial charge in [-0.3, -0.25) is 14.6 Å². The molecule has 0 N–H and O–H groups in total. The van der Waals surface area contributed by atoms with Crippen LogP contribution in [0.4, 0.5) is 0 Å². The van der Waals surface area contributed by atoms with Gasteiger partial charge in [-0.05, 0) is 49.7 Å². The van der Waals surface area contributed by atoms with Gasteiger partial charge in [0.2, 0.25) is 11.8 Å². The van der Waals surface area contributed by atoms with E-state index < -0.39 is 0 Å². The highest BCUT2D eigenvalue weighted by molar-refractivity contribution is 5.78. The van der Waals surface area contributed by atoms with Gasteiger partial charge in [0.15, 0.2) is 0 Å². The highest BCUT2D eigenvalue weighted by Gasteiger charge is 2.41. The number of ether oxygens (including phenoxy) is 2. The van der Waals surface area contributed by atoms with E-state index in [1.807, 2.05) is 28.0 Å². The first-order chi connectivity index (χ1) is 14.1. The Bertz CT molecular complexity index is 697. The molecule has 0 bridgehead atoms. The average molecular weight is 402 g/mol. The summed E-state index contributed by atoms with van der Waals surface area (Å²) in [4.78, 5) is 33.2. The highest BCUT2D eigenvalue weighted by Crippen LogP contribution is 2.40. The molecule has 7 heteroatoms. The second-order valence-electron chi connectivity index (χ2n) is 8.60. The maximum absolute atomic E-state index is 12.5. The first kappa shape index (κ1) is 20.3. The molecule has 4 rings (SSSR count). The van der Waals surface area contributed by atoms with Crippen LogP contribution in [0.2, 0.25) is 0 Å². The Labute approximate surface area is 172 Å². The van der Waals surface area contributed by atoms with Crippen molar-refractivity contribution in [1.29, 1.82) is 0 Å². The summed E-state index contributed by atoms with van der Waals surface area (Å²) in [6.07, 6.45) is 7.41. The first-order valence-electron chi connectivity index (χ1n) is 10.8. The lowest BCUT2D eigenvalue weighted by molar-refractivity contribution is -0.145. The molecule has 1 atom stereocenters. The lowest BCUT2D eigenvalue weighted by Crippen LogP contribution is -2.52. The number of carbonyl (C=O) groups is 2. The third-order valence-electron chi connectivity index (χ3n) is 6.56. The zero-order valence-corrected chi connectivity index (χ0v) is 17.1. The van der Waals surface area contributed by atoms with Gasteiger partial charge in [-0.15, -0.1) is 0 Å². The van der Waals surface area contributed by atoms with Crippen molar-refractivity contribution in [1.82, 2.24) is 14.8 Å². The third kappa shape index (κ3) is 5.14. The van der Waals surface area contributed by atoms with Crippen LogP contribution in [0.15, 0.2) is 24.4 Å². The summed E-state index contributed by atoms with van der Waals surface area (Å²) in [5.74, 6) is 0.275. The van der Waals surface area contributed by atoms with E-state index in [1.165, 1.54) is 0 Å². The van der Waals surface area contributed by atoms with Gasteiger partial charge < -0.3 is 19.3 Å². The van der Waals surface area contributed by atoms with Crippen molar-refractivity contribution in [3.8, 4) is 0 Å². The predicted octanol–water partition coefficient (Wildman–Crippen LogP) is 2.01. The molecule has 3 saturated heterocycles. The molecule has 0 saturated carbocycles. The fraction of sp³-hybridized carbons (Fsp3) is 0.682. The largest absolute Gasteiger partial charge is 0.376 e. The molecule has 3 aliphatic heterocycles. The van der Waals surface area contributed by atoms with E-state index in [1.54, 1.807) is 6.20 Å². The van der Waals surface area contributed by atoms with E-state index in [0.29, 0.717) is 19.6 Å². The van der Waals surface area contributed by atoms with E-state index in [9.17, 15) is 9.59 Å². The zero-order valence-electron chi connectivity index (χ0n) is 17.1. The molecule has 7 nitrogen and oxygen atoms in total. The summed E-state index contributed by atoms with van der Waals surface area (Å²) in [6, 6.07) is 5.81. The zero-order chi connectivity index (χ0) is 20.1. The monoisotopic (exact) mass is 401 g/mol. The predicted molar refractivity (Wildman–Crippen MR) is 107 cm³/mol. The second-order valence-corrected chi connectivity index (χ2v) is 8.60. The summed E-state index contributed by atoms with van der Waals surface area (Å²) in [5, 5.41) is 0. The number of amides is 2. The van der Waals surface area contributed by atoms with Crippen LogP contribution in [0.5, 0.6) is 0 Å². The maximum Gasteiger partial charge on any atom is 0.248 e. The smallest absolute Gasteiger partial charge is 0.248 e. The molecule has 2 amide bonds. The molecule has 3 aliphatic rings. The normalized spacial score (nSPS) is 24.3. The van der Waals surface area contributed by atoms with Gasteiger partial charge in [-0.2, -0.15) is 0 Å². The Morgan fingerprint density at radius 2 is 2.14 bits per heavy atom. The Morgan fingerprint density at radius 3 is 2.86 bits per heavy atom. The molecule has 1 aromatic rings. The fourth-order valence-corrected chi connectivity index (χ4v) is 4.72. The molecule has 1 aromatic heterocycles. The number of hydrogen-bond acceptors (Lipinski definition) is 5. The summed E-state index contributed by atoms with van der Waals surface area (Å²) in [7, 11) is 0. The number of hydrogen-bond donors (Lipinski definition) is 0. The van der Waals surface area contributed by atoms with Gasteiger partial charge in [0.1, 0.15) is 6.61 Å². The van der Waals surface area contributed by atoms with E-state index >= 15 is 0 Å². The number of rotatable bonds is 6. The molecular formula is C22H31N3O4. The van der Waals surface area contributed by atoms with E-state index in [-0.39, 0.29) is 29.9 Å². The molecule has 4 heterocycles. The van der Waals surface area contributed by atoms with Gasteiger partial charge >= 0.3 is 0 Å². The van der Waals surface area contributed by atoms with Crippen LogP contribution >= 0.6 is 0 Å². The molecule has 0 aliphatic carbocycles. The van der Waals surface area contributed by atoms with E-state index in [4.69, 9.17) is 9.47 Å². The minimum Gasteiger partial charge on any atom is -0.376 e. The molecule has 29 heavy (non-hydrogen) atoms. The van der Waals surface area contributed by atoms with Gasteiger partial charge in [-0.1, -0.05) is 6.07 Å². The van der Waals surface area contributed by atoms with Crippen LogP contribution in [-0.4, -0.2) is 72.2 Å². The number of carbonyl (C=O) groups excluding carboxylic acids is 2. The van der Waals surface area contributed by atoms with Gasteiger partial charge in [0, 0.05) is 38.9 Å². The minimum atomic E-state index is 0.0649. The summed E-state index contributed by atoms with van der Waals surface area (Å²) in [6.45, 7) is 4.27. The Hall–Kier alpha value is -1.99. The van der Waals surface area contributed by atoms with Crippen LogP contribution in [0, 0.1) is 5.41 Å². The lowest BCUT2D eigenvalue weighted by atomic mass is 9.72. The molecule has 0 radical (unpaired) electrons. The Kier molecular flexibility index (Phi) is 6.45. The van der Waals surface area contributed by atoms with Gasteiger partial charge in [0.25, 0.3) is 0 Å². The third-order valence-corrected chi connectivity index (χ3v) is 6.56. The Balaban J connectivity index is 1.25. The standard InChI is InChI=1S/C22H31N3O4/c26-20-6-7-22(17-25(20)14-18-4-1-2-10-23-18)8-11-24(12-9-22)21(27)16-28-15-19-5-3-13-29-19/h1-2,4,10,19H,3,5-9,11-17H2. The van der Waals surface area contributed by atoms with Crippen molar-refractivity contribution >= 4 is 11.8 Å². The maximum atomic E-state index is 12.5. The number of nitrogens with zero attached hydrogens (tertiary/aromatic N) is 3. The average Bonchev–Trinajstić information content (AvgIpc) is 3.26. The second kappa shape index (κ2) is 9.22. The molecule has 1 unspecified atom stereocenters. The van der Waals surface area contributed by atoms with Crippen molar-refractivity contribution in [3.63, 3.8) is 0 Å². The van der Waals surface area contributed by atoms with Crippen LogP contribution in [0.1, 0.15) is 44.2 Å². The van der Waals surface area contributed by atoms with Crippen LogP contribution in [0.3, 0.4) is 0 Å². The minimum absolute atomic E-state index is 0.0649. The van der Waals surface area contributed by atoms with Crippen LogP contribution in [0.25, 0.3) is 0 Å². The van der Waals surface area contributed by atoms with E-state index in [0.717, 1.165) is 64.0 Å². The summed E-state index contributed by atoms with van der Waals surface area (Å²) < 4.78 is 11.1. The van der Waals surface area contributed by atoms with Crippen molar-refractivity contribution in [3.05, 3.63) is 30.1 Å². The van der Waals surface area contributed by atoms with E-state index in [2.05, 4.69) is 4.98 Å². The first-order valence-corrected chi connectivity index (χ1v) is 10.8. The summed E-state index contributed by atoms with van der Waals surface area (Å²) >= 11 is 0.